The molecule has 0 spiro atoms. The molecule has 6 aromatic rings. The van der Waals surface area contributed by atoms with Crippen LogP contribution in [0.4, 0.5) is 0 Å². The molecule has 35 heavy (non-hydrogen) atoms. The predicted octanol–water partition coefficient (Wildman–Crippen LogP) is 7.69. The van der Waals surface area contributed by atoms with Crippen LogP contribution in [0.5, 0.6) is 23.0 Å². The molecular weight excluding hydrogens is 487 g/mol. The van der Waals surface area contributed by atoms with E-state index in [1.807, 2.05) is 35.6 Å². The molecule has 2 aliphatic heterocycles. The van der Waals surface area contributed by atoms with E-state index in [-0.39, 0.29) is 0 Å². The van der Waals surface area contributed by atoms with Crippen molar-refractivity contribution in [3.05, 3.63) is 103 Å². The van der Waals surface area contributed by atoms with Crippen LogP contribution in [-0.2, 0) is 11.8 Å². The number of thiophene rings is 1. The fourth-order valence-electron chi connectivity index (χ4n) is 5.36. The smallest absolute Gasteiger partial charge is 0.148 e. The number of para-hydroxylation sites is 2. The van der Waals surface area contributed by atoms with Crippen LogP contribution < -0.4 is 25.4 Å². The van der Waals surface area contributed by atoms with Gasteiger partial charge in [0.15, 0.2) is 0 Å². The zero-order valence-electron chi connectivity index (χ0n) is 18.4. The number of ether oxygens (including phenoxy) is 2. The highest BCUT2D eigenvalue weighted by Gasteiger charge is 2.43. The van der Waals surface area contributed by atoms with Crippen LogP contribution in [0.3, 0.4) is 0 Å². The van der Waals surface area contributed by atoms with Crippen LogP contribution >= 0.6 is 17.4 Å². The average Bonchev–Trinajstić information content (AvgIpc) is 3.27. The van der Waals surface area contributed by atoms with Gasteiger partial charge in [-0.3, -0.25) is 0 Å². The van der Waals surface area contributed by atoms with E-state index < -0.39 is 6.04 Å². The van der Waals surface area contributed by atoms with Crippen molar-refractivity contribution in [2.75, 3.05) is 0 Å². The summed E-state index contributed by atoms with van der Waals surface area (Å²) in [5.41, 5.74) is 2.18. The maximum absolute atomic E-state index is 6.65. The van der Waals surface area contributed by atoms with E-state index >= 15 is 0 Å². The summed E-state index contributed by atoms with van der Waals surface area (Å²) in [6.07, 6.45) is 0. The molecule has 5 aromatic carbocycles. The third kappa shape index (κ3) is 2.62. The Kier molecular flexibility index (Phi) is 4.00. The highest BCUT2D eigenvalue weighted by Crippen LogP contribution is 2.60. The average molecular weight is 505 g/mol. The Balaban J connectivity index is 1.42. The largest absolute Gasteiger partial charge is 0.456 e. The molecule has 1 atom stereocenters. The normalized spacial score (nSPS) is 17.3. The van der Waals surface area contributed by atoms with Gasteiger partial charge in [0.25, 0.3) is 0 Å². The lowest BCUT2D eigenvalue weighted by atomic mass is 10.0. The Morgan fingerprint density at radius 1 is 0.600 bits per heavy atom. The van der Waals surface area contributed by atoms with Gasteiger partial charge in [-0.2, -0.15) is 0 Å². The number of fused-ring (bicyclic) bond motifs is 7. The van der Waals surface area contributed by atoms with Crippen molar-refractivity contribution in [1.82, 2.24) is 0 Å². The van der Waals surface area contributed by atoms with Crippen molar-refractivity contribution < 1.29 is 9.47 Å². The van der Waals surface area contributed by atoms with Gasteiger partial charge < -0.3 is 9.47 Å². The Morgan fingerprint density at radius 3 is 2.11 bits per heavy atom. The second kappa shape index (κ2) is 7.05. The van der Waals surface area contributed by atoms with E-state index in [9.17, 15) is 0 Å². The van der Waals surface area contributed by atoms with Crippen molar-refractivity contribution in [2.45, 2.75) is 0 Å². The Morgan fingerprint density at radius 2 is 1.29 bits per heavy atom. The molecule has 0 radical (unpaired) electrons. The van der Waals surface area contributed by atoms with Crippen molar-refractivity contribution in [1.29, 1.82) is 0 Å². The topological polar surface area (TPSA) is 18.5 Å². The molecular formula is C30H17O2PS2. The first-order valence-corrected chi connectivity index (χ1v) is 15.1. The summed E-state index contributed by atoms with van der Waals surface area (Å²) >= 11 is 8.47. The molecule has 0 amide bonds. The highest BCUT2D eigenvalue weighted by atomic mass is 32.4. The van der Waals surface area contributed by atoms with Crippen molar-refractivity contribution in [3.63, 3.8) is 0 Å². The molecule has 8 rings (SSSR count). The molecule has 1 unspecified atom stereocenters. The van der Waals surface area contributed by atoms with Crippen molar-refractivity contribution >= 4 is 65.3 Å². The first kappa shape index (κ1) is 19.8. The van der Waals surface area contributed by atoms with Crippen LogP contribution in [0, 0.1) is 0 Å². The van der Waals surface area contributed by atoms with E-state index in [1.54, 1.807) is 0 Å². The quantitative estimate of drug-likeness (QED) is 0.214. The molecule has 3 heterocycles. The molecule has 2 aliphatic rings. The van der Waals surface area contributed by atoms with Crippen LogP contribution in [0.15, 0.2) is 103 Å². The molecule has 0 saturated heterocycles. The monoisotopic (exact) mass is 504 g/mol. The molecule has 0 aliphatic carbocycles. The lowest BCUT2D eigenvalue weighted by Gasteiger charge is -2.38. The standard InChI is InChI=1S/C30H17O2PS2/c34-33-25-10-4-2-8-22(25)31-24-16-15-19(29(30(24)33)32-23-9-3-5-11-26(23)33)18-13-14-21-20-7-1-6-12-27(20)35-28(21)17-18/h1-17H. The summed E-state index contributed by atoms with van der Waals surface area (Å²) in [7, 11) is 0. The first-order chi connectivity index (χ1) is 17.2. The van der Waals surface area contributed by atoms with E-state index in [4.69, 9.17) is 21.3 Å². The maximum Gasteiger partial charge on any atom is 0.148 e. The summed E-state index contributed by atoms with van der Waals surface area (Å²) < 4.78 is 15.6. The second-order valence-electron chi connectivity index (χ2n) is 8.85. The number of hydrogen-bond acceptors (Lipinski definition) is 4. The third-order valence-corrected chi connectivity index (χ3v) is 13.0. The van der Waals surface area contributed by atoms with Gasteiger partial charge in [-0.25, -0.2) is 0 Å². The van der Waals surface area contributed by atoms with Gasteiger partial charge in [-0.15, -0.1) is 11.3 Å². The minimum absolute atomic E-state index is 0.809. The zero-order chi connectivity index (χ0) is 23.1. The molecule has 0 N–H and O–H groups in total. The number of benzene rings is 5. The summed E-state index contributed by atoms with van der Waals surface area (Å²) in [5.74, 6) is 3.34. The van der Waals surface area contributed by atoms with Crippen LogP contribution in [0.2, 0.25) is 0 Å². The van der Waals surface area contributed by atoms with E-state index in [0.717, 1.165) is 50.0 Å². The van der Waals surface area contributed by atoms with Gasteiger partial charge in [0.05, 0.1) is 11.3 Å². The van der Waals surface area contributed by atoms with Crippen LogP contribution in [0.25, 0.3) is 31.3 Å². The predicted molar refractivity (Wildman–Crippen MR) is 151 cm³/mol. The third-order valence-electron chi connectivity index (χ3n) is 6.94. The summed E-state index contributed by atoms with van der Waals surface area (Å²) in [6, 6.07) is 33.6. The van der Waals surface area contributed by atoms with E-state index in [2.05, 4.69) is 78.9 Å². The van der Waals surface area contributed by atoms with Crippen molar-refractivity contribution in [2.24, 2.45) is 0 Å². The lowest BCUT2D eigenvalue weighted by Crippen LogP contribution is -2.35. The number of hydrogen-bond donors (Lipinski definition) is 0. The molecule has 0 fully saturated rings. The second-order valence-corrected chi connectivity index (χ2v) is 14.2. The van der Waals surface area contributed by atoms with Gasteiger partial charge >= 0.3 is 0 Å². The number of rotatable bonds is 1. The fourth-order valence-corrected chi connectivity index (χ4v) is 11.0. The minimum Gasteiger partial charge on any atom is -0.456 e. The minimum atomic E-state index is -2.35. The van der Waals surface area contributed by atoms with Gasteiger partial charge in [0.2, 0.25) is 0 Å². The summed E-state index contributed by atoms with van der Waals surface area (Å²) in [6.45, 7) is 0. The molecule has 166 valence electrons. The molecule has 5 heteroatoms. The Bertz CT molecular complexity index is 1890. The van der Waals surface area contributed by atoms with Gasteiger partial charge in [-0.05, 0) is 54.1 Å². The summed E-state index contributed by atoms with van der Waals surface area (Å²) in [5, 5.41) is 5.80. The van der Waals surface area contributed by atoms with E-state index in [0.29, 0.717) is 0 Å². The Labute approximate surface area is 211 Å². The van der Waals surface area contributed by atoms with Crippen LogP contribution in [-0.4, -0.2) is 0 Å². The molecule has 0 saturated carbocycles. The van der Waals surface area contributed by atoms with E-state index in [1.165, 1.54) is 20.2 Å². The Hall–Kier alpha value is -3.43. The van der Waals surface area contributed by atoms with Gasteiger partial charge in [-0.1, -0.05) is 66.4 Å². The lowest BCUT2D eigenvalue weighted by molar-refractivity contribution is 0.467. The van der Waals surface area contributed by atoms with Crippen molar-refractivity contribution in [3.8, 4) is 34.1 Å². The maximum atomic E-state index is 6.65. The van der Waals surface area contributed by atoms with Gasteiger partial charge in [0, 0.05) is 36.3 Å². The molecule has 0 bridgehead atoms. The highest BCUT2D eigenvalue weighted by molar-refractivity contribution is 8.26. The summed E-state index contributed by atoms with van der Waals surface area (Å²) in [4.78, 5) is 0. The van der Waals surface area contributed by atoms with Crippen LogP contribution in [0.1, 0.15) is 0 Å². The first-order valence-electron chi connectivity index (χ1n) is 11.5. The fraction of sp³-hybridized carbons (Fsp3) is 0. The zero-order valence-corrected chi connectivity index (χ0v) is 20.9. The van der Waals surface area contributed by atoms with Gasteiger partial charge in [0.1, 0.15) is 23.0 Å². The molecule has 2 nitrogen and oxygen atoms in total. The molecule has 1 aromatic heterocycles. The SMILES string of the molecule is S=P12c3ccccc3Oc3ccc(-c4ccc5c(c4)sc4ccccc45)c(c31)Oc1ccccc12.